The minimum atomic E-state index is 0.174. The summed E-state index contributed by atoms with van der Waals surface area (Å²) in [6.07, 6.45) is 0. The molecular weight excluding hydrogens is 316 g/mol. The first-order chi connectivity index (χ1) is 9.28. The van der Waals surface area contributed by atoms with Crippen molar-refractivity contribution in [2.24, 2.45) is 0 Å². The minimum Gasteiger partial charge on any atom is -0.492 e. The third-order valence-electron chi connectivity index (χ3n) is 3.89. The van der Waals surface area contributed by atoms with Gasteiger partial charge in [0.2, 0.25) is 0 Å². The van der Waals surface area contributed by atoms with E-state index in [2.05, 4.69) is 53.8 Å². The largest absolute Gasteiger partial charge is 0.492 e. The Bertz CT molecular complexity index is 442. The summed E-state index contributed by atoms with van der Waals surface area (Å²) in [7, 11) is 0. The zero-order valence-electron chi connectivity index (χ0n) is 12.9. The Balaban J connectivity index is 1.87. The van der Waals surface area contributed by atoms with Gasteiger partial charge in [-0.15, -0.1) is 0 Å². The van der Waals surface area contributed by atoms with Crippen molar-refractivity contribution in [3.63, 3.8) is 0 Å². The summed E-state index contributed by atoms with van der Waals surface area (Å²) in [6.45, 7) is 12.8. The van der Waals surface area contributed by atoms with Gasteiger partial charge in [0.1, 0.15) is 12.4 Å². The van der Waals surface area contributed by atoms with Crippen LogP contribution in [-0.2, 0) is 0 Å². The maximum atomic E-state index is 5.84. The van der Waals surface area contributed by atoms with Crippen LogP contribution in [0.4, 0.5) is 0 Å². The van der Waals surface area contributed by atoms with E-state index in [9.17, 15) is 0 Å². The summed E-state index contributed by atoms with van der Waals surface area (Å²) in [6, 6.07) is 8.01. The first-order valence-corrected chi connectivity index (χ1v) is 7.96. The summed E-state index contributed by atoms with van der Waals surface area (Å²) in [5, 5.41) is 3.61. The van der Waals surface area contributed by atoms with E-state index >= 15 is 0 Å². The van der Waals surface area contributed by atoms with Gasteiger partial charge in [0, 0.05) is 35.2 Å². The van der Waals surface area contributed by atoms with Crippen molar-refractivity contribution in [1.29, 1.82) is 0 Å². The van der Waals surface area contributed by atoms with Crippen LogP contribution in [0.3, 0.4) is 0 Å². The lowest BCUT2D eigenvalue weighted by Gasteiger charge is -2.49. The fourth-order valence-corrected chi connectivity index (χ4v) is 2.77. The van der Waals surface area contributed by atoms with Crippen molar-refractivity contribution >= 4 is 15.9 Å². The normalized spacial score (nSPS) is 21.6. The van der Waals surface area contributed by atoms with Crippen molar-refractivity contribution in [3.05, 3.63) is 28.7 Å². The second-order valence-electron chi connectivity index (χ2n) is 6.77. The van der Waals surface area contributed by atoms with E-state index in [-0.39, 0.29) is 11.1 Å². The molecule has 1 heterocycles. The zero-order chi connectivity index (χ0) is 14.8. The topological polar surface area (TPSA) is 24.5 Å². The van der Waals surface area contributed by atoms with Crippen LogP contribution in [0.15, 0.2) is 28.7 Å². The highest BCUT2D eigenvalue weighted by atomic mass is 79.9. The summed E-state index contributed by atoms with van der Waals surface area (Å²) in [5.74, 6) is 0.931. The molecule has 3 nitrogen and oxygen atoms in total. The van der Waals surface area contributed by atoms with Crippen molar-refractivity contribution in [1.82, 2.24) is 10.2 Å². The molecule has 112 valence electrons. The molecule has 4 heteroatoms. The van der Waals surface area contributed by atoms with Gasteiger partial charge in [-0.2, -0.15) is 0 Å². The number of benzene rings is 1. The Kier molecular flexibility index (Phi) is 4.77. The Morgan fingerprint density at radius 3 is 2.50 bits per heavy atom. The van der Waals surface area contributed by atoms with Crippen LogP contribution >= 0.6 is 15.9 Å². The molecule has 0 saturated carbocycles. The minimum absolute atomic E-state index is 0.174. The molecule has 0 spiro atoms. The molecule has 20 heavy (non-hydrogen) atoms. The van der Waals surface area contributed by atoms with Gasteiger partial charge in [0.05, 0.1) is 0 Å². The molecular formula is C16H25BrN2O. The van der Waals surface area contributed by atoms with Crippen LogP contribution in [0.5, 0.6) is 5.75 Å². The lowest BCUT2D eigenvalue weighted by Crippen LogP contribution is -2.66. The SMILES string of the molecule is CC1(C)CN(CCOc2ccc(Br)cc2)C(C)(C)CN1. The molecule has 1 N–H and O–H groups in total. The highest BCUT2D eigenvalue weighted by molar-refractivity contribution is 9.10. The van der Waals surface area contributed by atoms with Crippen molar-refractivity contribution < 1.29 is 4.74 Å². The van der Waals surface area contributed by atoms with Gasteiger partial charge in [-0.3, -0.25) is 4.90 Å². The fraction of sp³-hybridized carbons (Fsp3) is 0.625. The van der Waals surface area contributed by atoms with Crippen LogP contribution in [0.1, 0.15) is 27.7 Å². The third kappa shape index (κ3) is 4.21. The van der Waals surface area contributed by atoms with E-state index in [1.807, 2.05) is 24.3 Å². The molecule has 1 aromatic rings. The van der Waals surface area contributed by atoms with E-state index in [1.165, 1.54) is 0 Å². The lowest BCUT2D eigenvalue weighted by atomic mass is 9.91. The molecule has 0 amide bonds. The molecule has 1 aromatic carbocycles. The number of hydrogen-bond acceptors (Lipinski definition) is 3. The number of halogens is 1. The second-order valence-corrected chi connectivity index (χ2v) is 7.69. The first-order valence-electron chi connectivity index (χ1n) is 7.17. The van der Waals surface area contributed by atoms with Crippen LogP contribution in [0.2, 0.25) is 0 Å². The number of piperazine rings is 1. The molecule has 2 rings (SSSR count). The molecule has 0 aliphatic carbocycles. The fourth-order valence-electron chi connectivity index (χ4n) is 2.50. The van der Waals surface area contributed by atoms with Crippen molar-refractivity contribution in [3.8, 4) is 5.75 Å². The number of nitrogens with zero attached hydrogens (tertiary/aromatic N) is 1. The average molecular weight is 341 g/mol. The highest BCUT2D eigenvalue weighted by Crippen LogP contribution is 2.23. The smallest absolute Gasteiger partial charge is 0.119 e. The van der Waals surface area contributed by atoms with Gasteiger partial charge >= 0.3 is 0 Å². The monoisotopic (exact) mass is 340 g/mol. The predicted molar refractivity (Wildman–Crippen MR) is 87.4 cm³/mol. The number of nitrogens with one attached hydrogen (secondary N) is 1. The number of hydrogen-bond donors (Lipinski definition) is 1. The molecule has 0 aromatic heterocycles. The van der Waals surface area contributed by atoms with Gasteiger partial charge in [-0.25, -0.2) is 0 Å². The lowest BCUT2D eigenvalue weighted by molar-refractivity contribution is 0.0290. The van der Waals surface area contributed by atoms with Gasteiger partial charge in [-0.1, -0.05) is 15.9 Å². The first kappa shape index (κ1) is 15.8. The molecule has 0 radical (unpaired) electrons. The van der Waals surface area contributed by atoms with Crippen molar-refractivity contribution in [2.75, 3.05) is 26.2 Å². The Morgan fingerprint density at radius 1 is 1.20 bits per heavy atom. The molecule has 1 saturated heterocycles. The summed E-state index contributed by atoms with van der Waals surface area (Å²) >= 11 is 3.43. The van der Waals surface area contributed by atoms with Gasteiger partial charge in [0.15, 0.2) is 0 Å². The number of rotatable bonds is 4. The highest BCUT2D eigenvalue weighted by Gasteiger charge is 2.37. The van der Waals surface area contributed by atoms with E-state index in [1.54, 1.807) is 0 Å². The summed E-state index contributed by atoms with van der Waals surface area (Å²) in [4.78, 5) is 2.52. The van der Waals surface area contributed by atoms with Crippen LogP contribution in [0, 0.1) is 0 Å². The standard InChI is InChI=1S/C16H25BrN2O/c1-15(2)12-19(16(3,4)11-18-15)9-10-20-14-7-5-13(17)6-8-14/h5-8,18H,9-12H2,1-4H3. The van der Waals surface area contributed by atoms with Crippen LogP contribution in [-0.4, -0.2) is 42.2 Å². The average Bonchev–Trinajstić information content (AvgIpc) is 2.37. The third-order valence-corrected chi connectivity index (χ3v) is 4.41. The number of ether oxygens (including phenoxy) is 1. The van der Waals surface area contributed by atoms with E-state index < -0.39 is 0 Å². The van der Waals surface area contributed by atoms with Gasteiger partial charge in [-0.05, 0) is 52.0 Å². The molecule has 1 aliphatic rings. The summed E-state index contributed by atoms with van der Waals surface area (Å²) < 4.78 is 6.92. The van der Waals surface area contributed by atoms with Crippen molar-refractivity contribution in [2.45, 2.75) is 38.8 Å². The maximum absolute atomic E-state index is 5.84. The predicted octanol–water partition coefficient (Wildman–Crippen LogP) is 3.29. The molecule has 1 aliphatic heterocycles. The van der Waals surface area contributed by atoms with Gasteiger partial charge < -0.3 is 10.1 Å². The Labute approximate surface area is 130 Å². The van der Waals surface area contributed by atoms with E-state index in [0.29, 0.717) is 0 Å². The Morgan fingerprint density at radius 2 is 1.85 bits per heavy atom. The molecule has 0 bridgehead atoms. The molecule has 1 fully saturated rings. The molecule has 0 atom stereocenters. The second kappa shape index (κ2) is 6.04. The van der Waals surface area contributed by atoms with Crippen LogP contribution in [0.25, 0.3) is 0 Å². The zero-order valence-corrected chi connectivity index (χ0v) is 14.5. The van der Waals surface area contributed by atoms with E-state index in [4.69, 9.17) is 4.74 Å². The quantitative estimate of drug-likeness (QED) is 0.910. The Hall–Kier alpha value is -0.580. The van der Waals surface area contributed by atoms with Gasteiger partial charge in [0.25, 0.3) is 0 Å². The summed E-state index contributed by atoms with van der Waals surface area (Å²) in [5.41, 5.74) is 0.353. The molecule has 0 unspecified atom stereocenters. The maximum Gasteiger partial charge on any atom is 0.119 e. The van der Waals surface area contributed by atoms with Crippen LogP contribution < -0.4 is 10.1 Å². The van der Waals surface area contributed by atoms with E-state index in [0.717, 1.165) is 36.5 Å².